The molecule has 1 unspecified atom stereocenters. The average molecular weight is 564 g/mol. The molecule has 0 saturated heterocycles. The summed E-state index contributed by atoms with van der Waals surface area (Å²) in [6, 6.07) is 16.3. The van der Waals surface area contributed by atoms with E-state index in [1.165, 1.54) is 48.5 Å². The third-order valence-corrected chi connectivity index (χ3v) is 6.44. The molecular formula is C28H20ClF2N5O4. The van der Waals surface area contributed by atoms with Gasteiger partial charge in [0.1, 0.15) is 23.2 Å². The number of aromatic amines is 2. The number of nitrogens with one attached hydrogen (secondary N) is 4. The lowest BCUT2D eigenvalue weighted by Gasteiger charge is -2.18. The summed E-state index contributed by atoms with van der Waals surface area (Å²) in [5.41, 5.74) is 1.72. The van der Waals surface area contributed by atoms with E-state index in [0.29, 0.717) is 22.2 Å². The number of rotatable bonds is 8. The van der Waals surface area contributed by atoms with Gasteiger partial charge in [-0.3, -0.25) is 14.7 Å². The minimum atomic E-state index is -1.12. The van der Waals surface area contributed by atoms with E-state index < -0.39 is 35.5 Å². The van der Waals surface area contributed by atoms with Crippen molar-refractivity contribution in [1.29, 1.82) is 0 Å². The zero-order valence-electron chi connectivity index (χ0n) is 20.5. The summed E-state index contributed by atoms with van der Waals surface area (Å²) in [4.78, 5) is 40.4. The molecule has 3 aromatic carbocycles. The van der Waals surface area contributed by atoms with E-state index in [0.717, 1.165) is 0 Å². The molecule has 40 heavy (non-hydrogen) atoms. The van der Waals surface area contributed by atoms with Crippen molar-refractivity contribution in [3.05, 3.63) is 106 Å². The van der Waals surface area contributed by atoms with Crippen LogP contribution in [0.1, 0.15) is 26.5 Å². The minimum absolute atomic E-state index is 0.00323. The number of fused-ring (bicyclic) bond motifs is 1. The molecule has 12 heteroatoms. The van der Waals surface area contributed by atoms with Crippen molar-refractivity contribution in [2.75, 3.05) is 5.32 Å². The maximum atomic E-state index is 14.4. The highest BCUT2D eigenvalue weighted by atomic mass is 35.5. The topological polar surface area (TPSA) is 140 Å². The second kappa shape index (κ2) is 11.0. The Balaban J connectivity index is 1.38. The normalized spacial score (nSPS) is 11.8. The number of carbonyl (C=O) groups is 3. The molecule has 5 rings (SSSR count). The number of amides is 2. The smallest absolute Gasteiger partial charge is 0.352 e. The second-order valence-corrected chi connectivity index (χ2v) is 9.31. The number of carboxylic acids is 1. The first-order valence-corrected chi connectivity index (χ1v) is 12.3. The standard InChI is InChI=1S/C28H20ClF2N5O4/c29-19-3-1-2-18(25(19)31)21-13-23(36-35-21)27(38)34-22(10-14-4-6-16(30)7-5-14)26(37)32-17-8-9-20-15(11-17)12-24(33-20)28(39)40/h1-9,11-13,22,33H,10H2,(H,32,37)(H,34,38)(H,35,36)(H,39,40). The number of aromatic nitrogens is 3. The number of hydrogen-bond donors (Lipinski definition) is 5. The van der Waals surface area contributed by atoms with Gasteiger partial charge >= 0.3 is 5.97 Å². The highest BCUT2D eigenvalue weighted by molar-refractivity contribution is 6.31. The fourth-order valence-electron chi connectivity index (χ4n) is 4.13. The number of hydrogen-bond acceptors (Lipinski definition) is 4. The first kappa shape index (κ1) is 26.6. The van der Waals surface area contributed by atoms with Gasteiger partial charge in [0.2, 0.25) is 5.91 Å². The van der Waals surface area contributed by atoms with Crippen LogP contribution in [-0.2, 0) is 11.2 Å². The third-order valence-electron chi connectivity index (χ3n) is 6.14. The monoisotopic (exact) mass is 563 g/mol. The van der Waals surface area contributed by atoms with E-state index in [9.17, 15) is 28.3 Å². The molecule has 202 valence electrons. The Hall–Kier alpha value is -5.03. The van der Waals surface area contributed by atoms with Gasteiger partial charge in [0.25, 0.3) is 5.91 Å². The molecular weight excluding hydrogens is 544 g/mol. The molecule has 5 aromatic rings. The summed E-state index contributed by atoms with van der Waals surface area (Å²) in [5.74, 6) is -3.52. The van der Waals surface area contributed by atoms with Gasteiger partial charge in [0.05, 0.1) is 10.7 Å². The maximum absolute atomic E-state index is 14.4. The van der Waals surface area contributed by atoms with Gasteiger partial charge in [0.15, 0.2) is 5.82 Å². The van der Waals surface area contributed by atoms with Crippen molar-refractivity contribution < 1.29 is 28.3 Å². The zero-order chi connectivity index (χ0) is 28.4. The summed E-state index contributed by atoms with van der Waals surface area (Å²) in [6.07, 6.45) is 0.0251. The Labute approximate surface area is 230 Å². The van der Waals surface area contributed by atoms with Gasteiger partial charge in [-0.05, 0) is 60.2 Å². The van der Waals surface area contributed by atoms with Crippen molar-refractivity contribution in [2.24, 2.45) is 0 Å². The van der Waals surface area contributed by atoms with Crippen molar-refractivity contribution >= 4 is 46.0 Å². The van der Waals surface area contributed by atoms with Crippen LogP contribution in [0.4, 0.5) is 14.5 Å². The molecule has 2 aromatic heterocycles. The quantitative estimate of drug-likeness (QED) is 0.177. The number of nitrogens with zero attached hydrogens (tertiary/aromatic N) is 1. The maximum Gasteiger partial charge on any atom is 0.352 e. The van der Waals surface area contributed by atoms with Crippen LogP contribution < -0.4 is 10.6 Å². The number of carbonyl (C=O) groups excluding carboxylic acids is 2. The summed E-state index contributed by atoms with van der Waals surface area (Å²) in [6.45, 7) is 0. The largest absolute Gasteiger partial charge is 0.477 e. The van der Waals surface area contributed by atoms with Crippen molar-refractivity contribution in [2.45, 2.75) is 12.5 Å². The molecule has 0 saturated carbocycles. The number of carboxylic acid groups (broad SMARTS) is 1. The molecule has 2 amide bonds. The zero-order valence-corrected chi connectivity index (χ0v) is 21.2. The van der Waals surface area contributed by atoms with E-state index in [2.05, 4.69) is 25.8 Å². The van der Waals surface area contributed by atoms with E-state index in [-0.39, 0.29) is 34.1 Å². The van der Waals surface area contributed by atoms with Gasteiger partial charge in [-0.1, -0.05) is 29.8 Å². The SMILES string of the molecule is O=C(O)c1cc2cc(NC(=O)C(Cc3ccc(F)cc3)NC(=O)c3cc(-c4cccc(Cl)c4F)n[nH]3)ccc2[nH]1. The minimum Gasteiger partial charge on any atom is -0.477 e. The Morgan fingerprint density at radius 2 is 1.75 bits per heavy atom. The highest BCUT2D eigenvalue weighted by Crippen LogP contribution is 2.26. The molecule has 0 bridgehead atoms. The molecule has 1 atom stereocenters. The molecule has 0 fully saturated rings. The lowest BCUT2D eigenvalue weighted by Crippen LogP contribution is -2.45. The summed E-state index contributed by atoms with van der Waals surface area (Å²) >= 11 is 5.85. The van der Waals surface area contributed by atoms with E-state index in [1.54, 1.807) is 24.3 Å². The predicted molar refractivity (Wildman–Crippen MR) is 144 cm³/mol. The van der Waals surface area contributed by atoms with Crippen LogP contribution >= 0.6 is 11.6 Å². The molecule has 0 aliphatic heterocycles. The lowest BCUT2D eigenvalue weighted by molar-refractivity contribution is -0.118. The van der Waals surface area contributed by atoms with Crippen LogP contribution in [0.25, 0.3) is 22.2 Å². The number of benzene rings is 3. The third kappa shape index (κ3) is 5.69. The molecule has 5 N–H and O–H groups in total. The Bertz CT molecular complexity index is 1750. The fourth-order valence-corrected chi connectivity index (χ4v) is 4.31. The summed E-state index contributed by atoms with van der Waals surface area (Å²) in [5, 5.41) is 21.6. The molecule has 0 aliphatic rings. The molecule has 0 spiro atoms. The first-order chi connectivity index (χ1) is 19.2. The number of H-pyrrole nitrogens is 2. The number of anilines is 1. The van der Waals surface area contributed by atoms with E-state index in [1.807, 2.05) is 0 Å². The fraction of sp³-hybridized carbons (Fsp3) is 0.0714. The van der Waals surface area contributed by atoms with E-state index >= 15 is 0 Å². The lowest BCUT2D eigenvalue weighted by atomic mass is 10.0. The van der Waals surface area contributed by atoms with Gasteiger partial charge < -0.3 is 20.7 Å². The molecule has 0 radical (unpaired) electrons. The van der Waals surface area contributed by atoms with Gasteiger partial charge in [0, 0.05) is 28.6 Å². The van der Waals surface area contributed by atoms with Crippen molar-refractivity contribution in [1.82, 2.24) is 20.5 Å². The van der Waals surface area contributed by atoms with Crippen molar-refractivity contribution in [3.8, 4) is 11.3 Å². The molecule has 0 aliphatic carbocycles. The molecule has 2 heterocycles. The Morgan fingerprint density at radius 3 is 2.50 bits per heavy atom. The first-order valence-electron chi connectivity index (χ1n) is 11.9. The molecule has 9 nitrogen and oxygen atoms in total. The van der Waals surface area contributed by atoms with Crippen LogP contribution in [0.15, 0.2) is 72.8 Å². The summed E-state index contributed by atoms with van der Waals surface area (Å²) < 4.78 is 27.9. The van der Waals surface area contributed by atoms with E-state index in [4.69, 9.17) is 11.6 Å². The van der Waals surface area contributed by atoms with Crippen LogP contribution in [0.3, 0.4) is 0 Å². The highest BCUT2D eigenvalue weighted by Gasteiger charge is 2.24. The second-order valence-electron chi connectivity index (χ2n) is 8.90. The van der Waals surface area contributed by atoms with Gasteiger partial charge in [-0.15, -0.1) is 0 Å². The Morgan fingerprint density at radius 1 is 0.975 bits per heavy atom. The van der Waals surface area contributed by atoms with Crippen LogP contribution in [0.2, 0.25) is 5.02 Å². The average Bonchev–Trinajstić information content (AvgIpc) is 3.59. The predicted octanol–water partition coefficient (Wildman–Crippen LogP) is 5.17. The van der Waals surface area contributed by atoms with Gasteiger partial charge in [-0.25, -0.2) is 13.6 Å². The van der Waals surface area contributed by atoms with Crippen LogP contribution in [0, 0.1) is 11.6 Å². The van der Waals surface area contributed by atoms with Crippen molar-refractivity contribution in [3.63, 3.8) is 0 Å². The number of halogens is 3. The number of aromatic carboxylic acids is 1. The van der Waals surface area contributed by atoms with Crippen LogP contribution in [-0.4, -0.2) is 44.1 Å². The van der Waals surface area contributed by atoms with Gasteiger partial charge in [-0.2, -0.15) is 5.10 Å². The Kier molecular flexibility index (Phi) is 7.30. The summed E-state index contributed by atoms with van der Waals surface area (Å²) in [7, 11) is 0. The van der Waals surface area contributed by atoms with Crippen LogP contribution in [0.5, 0.6) is 0 Å².